The molecule has 0 saturated heterocycles. The second kappa shape index (κ2) is 7.03. The van der Waals surface area contributed by atoms with Crippen molar-refractivity contribution >= 4 is 27.3 Å². The van der Waals surface area contributed by atoms with Crippen LogP contribution >= 0.6 is 0 Å². The number of carbonyl (C=O) groups excluding carboxylic acids is 1. The fourth-order valence-electron chi connectivity index (χ4n) is 2.93. The number of sulfonamides is 1. The molecule has 0 radical (unpaired) electrons. The molecule has 1 N–H and O–H groups in total. The van der Waals surface area contributed by atoms with E-state index < -0.39 is 27.6 Å². The van der Waals surface area contributed by atoms with Crippen LogP contribution in [0.3, 0.4) is 0 Å². The number of hydrogen-bond donors (Lipinski definition) is 1. The molecule has 2 aromatic rings. The van der Waals surface area contributed by atoms with Crippen molar-refractivity contribution in [3.8, 4) is 0 Å². The second-order valence-electron chi connectivity index (χ2n) is 6.00. The summed E-state index contributed by atoms with van der Waals surface area (Å²) >= 11 is 0. The number of nitrogens with one attached hydrogen (secondary N) is 1. The summed E-state index contributed by atoms with van der Waals surface area (Å²) in [5.41, 5.74) is 1.89. The van der Waals surface area contributed by atoms with Gasteiger partial charge < -0.3 is 5.32 Å². The van der Waals surface area contributed by atoms with Crippen LogP contribution in [-0.2, 0) is 16.4 Å². The van der Waals surface area contributed by atoms with Crippen LogP contribution in [0.15, 0.2) is 36.4 Å². The van der Waals surface area contributed by atoms with E-state index in [-0.39, 0.29) is 11.3 Å². The molecule has 0 fully saturated rings. The van der Waals surface area contributed by atoms with Gasteiger partial charge in [-0.25, -0.2) is 17.2 Å². The largest absolute Gasteiger partial charge is 0.322 e. The molecule has 8 heteroatoms. The molecule has 0 bridgehead atoms. The lowest BCUT2D eigenvalue weighted by atomic mass is 10.0. The van der Waals surface area contributed by atoms with Gasteiger partial charge in [-0.05, 0) is 61.7 Å². The van der Waals surface area contributed by atoms with Gasteiger partial charge in [0.1, 0.15) is 0 Å². The molecule has 0 spiro atoms. The van der Waals surface area contributed by atoms with Crippen molar-refractivity contribution in [2.24, 2.45) is 0 Å². The predicted molar refractivity (Wildman–Crippen MR) is 95.9 cm³/mol. The van der Waals surface area contributed by atoms with Gasteiger partial charge in [0.05, 0.1) is 11.4 Å². The molecular formula is C18H18F2N2O3S. The van der Waals surface area contributed by atoms with Crippen molar-refractivity contribution in [1.82, 2.24) is 0 Å². The van der Waals surface area contributed by atoms with Crippen LogP contribution in [0.1, 0.15) is 29.3 Å². The molecule has 3 rings (SSSR count). The molecule has 0 atom stereocenters. The fraction of sp³-hybridized carbons (Fsp3) is 0.278. The van der Waals surface area contributed by atoms with E-state index >= 15 is 0 Å². The third-order valence-electron chi connectivity index (χ3n) is 4.30. The number of carbonyl (C=O) groups is 1. The number of rotatable bonds is 4. The number of anilines is 2. The Morgan fingerprint density at radius 3 is 2.62 bits per heavy atom. The summed E-state index contributed by atoms with van der Waals surface area (Å²) in [5.74, 6) is -2.67. The van der Waals surface area contributed by atoms with Gasteiger partial charge in [-0.2, -0.15) is 0 Å². The molecule has 0 aliphatic carbocycles. The van der Waals surface area contributed by atoms with Crippen LogP contribution in [0.4, 0.5) is 20.2 Å². The maximum absolute atomic E-state index is 13.3. The highest BCUT2D eigenvalue weighted by Gasteiger charge is 2.26. The minimum Gasteiger partial charge on any atom is -0.322 e. The van der Waals surface area contributed by atoms with E-state index in [1.54, 1.807) is 25.1 Å². The highest BCUT2D eigenvalue weighted by Crippen LogP contribution is 2.32. The van der Waals surface area contributed by atoms with Gasteiger partial charge >= 0.3 is 0 Å². The molecule has 1 heterocycles. The molecular weight excluding hydrogens is 362 g/mol. The lowest BCUT2D eigenvalue weighted by Gasteiger charge is -2.30. The van der Waals surface area contributed by atoms with Gasteiger partial charge in [0.2, 0.25) is 10.0 Å². The number of nitrogens with zero attached hydrogens (tertiary/aromatic N) is 1. The zero-order valence-corrected chi connectivity index (χ0v) is 14.9. The highest BCUT2D eigenvalue weighted by molar-refractivity contribution is 7.92. The Morgan fingerprint density at radius 1 is 1.15 bits per heavy atom. The summed E-state index contributed by atoms with van der Waals surface area (Å²) in [5, 5.41) is 2.63. The molecule has 5 nitrogen and oxygen atoms in total. The summed E-state index contributed by atoms with van der Waals surface area (Å²) in [6.07, 6.45) is 1.38. The molecule has 0 aromatic heterocycles. The van der Waals surface area contributed by atoms with E-state index in [1.165, 1.54) is 10.4 Å². The molecule has 0 saturated carbocycles. The summed E-state index contributed by atoms with van der Waals surface area (Å²) in [6, 6.07) is 7.89. The van der Waals surface area contributed by atoms with Crippen molar-refractivity contribution in [2.45, 2.75) is 19.8 Å². The van der Waals surface area contributed by atoms with Gasteiger partial charge in [-0.3, -0.25) is 9.10 Å². The van der Waals surface area contributed by atoms with E-state index in [4.69, 9.17) is 0 Å². The van der Waals surface area contributed by atoms with Gasteiger partial charge in [-0.15, -0.1) is 0 Å². The molecule has 1 aliphatic heterocycles. The first kappa shape index (κ1) is 18.3. The maximum atomic E-state index is 13.3. The van der Waals surface area contributed by atoms with Crippen molar-refractivity contribution in [1.29, 1.82) is 0 Å². The van der Waals surface area contributed by atoms with Gasteiger partial charge in [0, 0.05) is 17.8 Å². The van der Waals surface area contributed by atoms with E-state index in [9.17, 15) is 22.0 Å². The Morgan fingerprint density at radius 2 is 1.92 bits per heavy atom. The van der Waals surface area contributed by atoms with Crippen LogP contribution in [-0.4, -0.2) is 26.6 Å². The van der Waals surface area contributed by atoms with Crippen molar-refractivity contribution in [3.63, 3.8) is 0 Å². The fourth-order valence-corrected chi connectivity index (χ4v) is 4.12. The van der Waals surface area contributed by atoms with Crippen molar-refractivity contribution in [2.75, 3.05) is 21.9 Å². The number of hydrogen-bond acceptors (Lipinski definition) is 3. The molecule has 138 valence electrons. The number of amides is 1. The summed E-state index contributed by atoms with van der Waals surface area (Å²) in [4.78, 5) is 12.2. The smallest absolute Gasteiger partial charge is 0.255 e. The maximum Gasteiger partial charge on any atom is 0.255 e. The summed E-state index contributed by atoms with van der Waals surface area (Å²) < 4.78 is 52.1. The number of aryl methyl sites for hydroxylation is 1. The first-order valence-corrected chi connectivity index (χ1v) is 9.82. The Bertz CT molecular complexity index is 961. The quantitative estimate of drug-likeness (QED) is 0.885. The molecule has 1 amide bonds. The zero-order valence-electron chi connectivity index (χ0n) is 14.1. The van der Waals surface area contributed by atoms with Crippen molar-refractivity contribution < 1.29 is 22.0 Å². The van der Waals surface area contributed by atoms with Gasteiger partial charge in [0.25, 0.3) is 5.91 Å². The Kier molecular flexibility index (Phi) is 4.95. The summed E-state index contributed by atoms with van der Waals surface area (Å²) in [7, 11) is -3.35. The highest BCUT2D eigenvalue weighted by atomic mass is 32.2. The lowest BCUT2D eigenvalue weighted by Crippen LogP contribution is -2.36. The third-order valence-corrected chi connectivity index (χ3v) is 6.08. The van der Waals surface area contributed by atoms with Crippen LogP contribution in [0.5, 0.6) is 0 Å². The average Bonchev–Trinajstić information content (AvgIpc) is 2.63. The minimum absolute atomic E-state index is 0.00296. The van der Waals surface area contributed by atoms with Crippen LogP contribution in [0, 0.1) is 11.6 Å². The predicted octanol–water partition coefficient (Wildman–Crippen LogP) is 3.32. The Labute approximate surface area is 150 Å². The normalized spacial score (nSPS) is 14.0. The average molecular weight is 380 g/mol. The molecule has 0 unspecified atom stereocenters. The lowest BCUT2D eigenvalue weighted by molar-refractivity contribution is 0.102. The second-order valence-corrected chi connectivity index (χ2v) is 8.18. The number of fused-ring (bicyclic) bond motifs is 1. The standard InChI is InChI=1S/C18H18F2N2O3S/c1-2-26(24,25)22-9-3-4-12-10-14(6-8-17(12)22)21-18(23)13-5-7-15(19)16(20)11-13/h5-8,10-11H,2-4,9H2,1H3,(H,21,23). The third kappa shape index (κ3) is 3.55. The first-order chi connectivity index (χ1) is 12.3. The van der Waals surface area contributed by atoms with E-state index in [0.717, 1.165) is 17.7 Å². The first-order valence-electron chi connectivity index (χ1n) is 8.21. The molecule has 2 aromatic carbocycles. The topological polar surface area (TPSA) is 66.5 Å². The van der Waals surface area contributed by atoms with E-state index in [1.807, 2.05) is 0 Å². The van der Waals surface area contributed by atoms with E-state index in [2.05, 4.69) is 5.32 Å². The van der Waals surface area contributed by atoms with E-state index in [0.29, 0.717) is 30.8 Å². The Hall–Kier alpha value is -2.48. The SMILES string of the molecule is CCS(=O)(=O)N1CCCc2cc(NC(=O)c3ccc(F)c(F)c3)ccc21. The molecule has 26 heavy (non-hydrogen) atoms. The monoisotopic (exact) mass is 380 g/mol. The van der Waals surface area contributed by atoms with Gasteiger partial charge in [-0.1, -0.05) is 0 Å². The van der Waals surface area contributed by atoms with Gasteiger partial charge in [0.15, 0.2) is 11.6 Å². The van der Waals surface area contributed by atoms with Crippen LogP contribution in [0.25, 0.3) is 0 Å². The number of halogens is 2. The Balaban J connectivity index is 1.85. The molecule has 1 aliphatic rings. The zero-order chi connectivity index (χ0) is 18.9. The number of benzene rings is 2. The van der Waals surface area contributed by atoms with Crippen molar-refractivity contribution in [3.05, 3.63) is 59.2 Å². The minimum atomic E-state index is -3.35. The summed E-state index contributed by atoms with van der Waals surface area (Å²) in [6.45, 7) is 2.03. The van der Waals surface area contributed by atoms with Crippen LogP contribution < -0.4 is 9.62 Å². The van der Waals surface area contributed by atoms with Crippen LogP contribution in [0.2, 0.25) is 0 Å².